The van der Waals surface area contributed by atoms with Gasteiger partial charge in [-0.3, -0.25) is 0 Å². The molecule has 0 aliphatic carbocycles. The molecule has 2 heterocycles. The smallest absolute Gasteiger partial charge is 0.271 e. The highest BCUT2D eigenvalue weighted by atomic mass is 79.9. The fraction of sp³-hybridized carbons (Fsp3) is 0.350. The van der Waals surface area contributed by atoms with Crippen molar-refractivity contribution in [2.24, 2.45) is 0 Å². The Morgan fingerprint density at radius 1 is 1.08 bits per heavy atom. The van der Waals surface area contributed by atoms with E-state index in [1.165, 1.54) is 11.4 Å². The van der Waals surface area contributed by atoms with E-state index >= 15 is 0 Å². The number of anilines is 1. The van der Waals surface area contributed by atoms with E-state index in [0.717, 1.165) is 37.1 Å². The van der Waals surface area contributed by atoms with E-state index < -0.39 is 5.72 Å². The first-order valence-corrected chi connectivity index (χ1v) is 9.41. The second-order valence-electron chi connectivity index (χ2n) is 6.84. The summed E-state index contributed by atoms with van der Waals surface area (Å²) in [7, 11) is 0. The van der Waals surface area contributed by atoms with Crippen LogP contribution in [0.1, 0.15) is 30.4 Å². The van der Waals surface area contributed by atoms with Gasteiger partial charge in [0.2, 0.25) is 0 Å². The van der Waals surface area contributed by atoms with Gasteiger partial charge in [-0.15, -0.1) is 0 Å². The maximum atomic E-state index is 11.7. The third kappa shape index (κ3) is 3.18. The zero-order chi connectivity index (χ0) is 17.6. The molecule has 138 valence electrons. The molecule has 1 atom stereocenters. The van der Waals surface area contributed by atoms with Crippen molar-refractivity contribution in [2.45, 2.75) is 31.9 Å². The van der Waals surface area contributed by atoms with Crippen LogP contribution in [-0.2, 0) is 5.72 Å². The van der Waals surface area contributed by atoms with Gasteiger partial charge in [0, 0.05) is 12.0 Å². The zero-order valence-electron chi connectivity index (χ0n) is 14.6. The van der Waals surface area contributed by atoms with Gasteiger partial charge in [-0.05, 0) is 43.5 Å². The van der Waals surface area contributed by atoms with Crippen molar-refractivity contribution in [3.8, 4) is 0 Å². The van der Waals surface area contributed by atoms with E-state index in [-0.39, 0.29) is 17.0 Å². The average molecular weight is 456 g/mol. The van der Waals surface area contributed by atoms with Crippen LogP contribution in [0.25, 0.3) is 0 Å². The zero-order valence-corrected chi connectivity index (χ0v) is 17.7. The summed E-state index contributed by atoms with van der Waals surface area (Å²) in [6, 6.07) is 13.8. The first-order valence-electron chi connectivity index (χ1n) is 8.65. The van der Waals surface area contributed by atoms with Crippen molar-refractivity contribution in [2.75, 3.05) is 18.0 Å². The minimum Gasteiger partial charge on any atom is -1.00 e. The van der Waals surface area contributed by atoms with Crippen LogP contribution in [0, 0.1) is 6.92 Å². The Hall–Kier alpha value is -1.07. The molecule has 26 heavy (non-hydrogen) atoms. The van der Waals surface area contributed by atoms with E-state index in [1.54, 1.807) is 12.1 Å². The minimum absolute atomic E-state index is 0. The summed E-state index contributed by atoms with van der Waals surface area (Å²) in [4.78, 5) is 2.26. The van der Waals surface area contributed by atoms with E-state index in [2.05, 4.69) is 28.5 Å². The third-order valence-electron chi connectivity index (χ3n) is 5.27. The second-order valence-corrected chi connectivity index (χ2v) is 7.66. The first-order chi connectivity index (χ1) is 12.0. The lowest BCUT2D eigenvalue weighted by Gasteiger charge is -2.25. The molecule has 0 fully saturated rings. The molecule has 1 N–H and O–H groups in total. The number of hydrogen-bond acceptors (Lipinski definition) is 2. The van der Waals surface area contributed by atoms with E-state index in [0.29, 0.717) is 16.6 Å². The van der Waals surface area contributed by atoms with Gasteiger partial charge in [-0.25, -0.2) is 9.48 Å². The fourth-order valence-electron chi connectivity index (χ4n) is 3.98. The third-order valence-corrected chi connectivity index (χ3v) is 6.01. The molecular weight excluding hydrogens is 435 g/mol. The van der Waals surface area contributed by atoms with Crippen LogP contribution in [0.2, 0.25) is 10.0 Å². The summed E-state index contributed by atoms with van der Waals surface area (Å²) in [5, 5.41) is 12.6. The summed E-state index contributed by atoms with van der Waals surface area (Å²) >= 11 is 12.3. The molecule has 4 rings (SSSR count). The number of hydrogen-bond donors (Lipinski definition) is 1. The van der Waals surface area contributed by atoms with Crippen LogP contribution >= 0.6 is 23.2 Å². The molecule has 0 amide bonds. The predicted molar refractivity (Wildman–Crippen MR) is 103 cm³/mol. The van der Waals surface area contributed by atoms with Crippen LogP contribution in [-0.4, -0.2) is 28.6 Å². The van der Waals surface area contributed by atoms with E-state index in [1.807, 2.05) is 18.2 Å². The van der Waals surface area contributed by atoms with Crippen LogP contribution in [0.15, 0.2) is 42.5 Å². The molecule has 2 aromatic rings. The van der Waals surface area contributed by atoms with Crippen LogP contribution in [0.5, 0.6) is 0 Å². The minimum atomic E-state index is -1.09. The highest BCUT2D eigenvalue weighted by molar-refractivity contribution is 6.42. The maximum Gasteiger partial charge on any atom is 0.271 e. The van der Waals surface area contributed by atoms with Gasteiger partial charge in [0.1, 0.15) is 5.69 Å². The summed E-state index contributed by atoms with van der Waals surface area (Å²) < 4.78 is 2.14. The Bertz CT molecular complexity index is 871. The SMILES string of the molecule is Cc1ccccc1N1CC(O)(c2ccc(Cl)c(Cl)c2)[N+]2=C1CCCC2.[Br-]. The number of amidine groups is 1. The highest BCUT2D eigenvalue weighted by Crippen LogP contribution is 2.38. The monoisotopic (exact) mass is 454 g/mol. The number of para-hydroxylation sites is 1. The number of aliphatic hydroxyl groups is 1. The molecule has 0 saturated carbocycles. The number of benzene rings is 2. The summed E-state index contributed by atoms with van der Waals surface area (Å²) in [6.45, 7) is 3.44. The topological polar surface area (TPSA) is 26.5 Å². The number of nitrogens with zero attached hydrogens (tertiary/aromatic N) is 2. The van der Waals surface area contributed by atoms with Gasteiger partial charge in [0.25, 0.3) is 11.6 Å². The molecule has 2 aliphatic rings. The lowest BCUT2D eigenvalue weighted by molar-refractivity contribution is -0.661. The summed E-state index contributed by atoms with van der Waals surface area (Å²) in [5.41, 5.74) is 2.06. The number of β-amino-alcohol motifs (C(OH)–C–C–N with tert-alkyl or cyclic N) is 1. The normalized spacial score (nSPS) is 22.2. The molecule has 6 heteroatoms. The van der Waals surface area contributed by atoms with Crippen LogP contribution in [0.3, 0.4) is 0 Å². The number of rotatable bonds is 2. The van der Waals surface area contributed by atoms with Gasteiger partial charge in [-0.1, -0.05) is 47.5 Å². The van der Waals surface area contributed by atoms with Gasteiger partial charge >= 0.3 is 0 Å². The molecule has 0 aromatic heterocycles. The standard InChI is InChI=1S/C20H21Cl2N2O.BrH/c1-14-6-2-3-7-18(14)23-13-20(25,24-11-5-4-8-19(23)24)15-9-10-16(21)17(22)12-15;/h2-3,6-7,9-10,12,25H,4-5,8,11,13H2,1H3;1H/q+1;/p-1. The predicted octanol–water partition coefficient (Wildman–Crippen LogP) is 1.57. The molecule has 2 aromatic carbocycles. The average Bonchev–Trinajstić information content (AvgIpc) is 2.92. The maximum absolute atomic E-state index is 11.7. The molecule has 2 aliphatic heterocycles. The lowest BCUT2D eigenvalue weighted by Crippen LogP contribution is -3.00. The lowest BCUT2D eigenvalue weighted by atomic mass is 10.0. The number of aryl methyl sites for hydroxylation is 1. The molecule has 3 nitrogen and oxygen atoms in total. The molecule has 0 spiro atoms. The van der Waals surface area contributed by atoms with Gasteiger partial charge in [-0.2, -0.15) is 0 Å². The first kappa shape index (κ1) is 19.7. The Morgan fingerprint density at radius 3 is 2.58 bits per heavy atom. The van der Waals surface area contributed by atoms with E-state index in [4.69, 9.17) is 23.2 Å². The highest BCUT2D eigenvalue weighted by Gasteiger charge is 2.52. The second kappa shape index (κ2) is 7.51. The fourth-order valence-corrected chi connectivity index (χ4v) is 4.27. The van der Waals surface area contributed by atoms with E-state index in [9.17, 15) is 5.11 Å². The Balaban J connectivity index is 0.00000196. The van der Waals surface area contributed by atoms with Crippen molar-refractivity contribution >= 4 is 34.7 Å². The quantitative estimate of drug-likeness (QED) is 0.695. The molecule has 1 unspecified atom stereocenters. The summed E-state index contributed by atoms with van der Waals surface area (Å²) in [5.74, 6) is 1.19. The van der Waals surface area contributed by atoms with Crippen LogP contribution < -0.4 is 21.9 Å². The molecule has 0 bridgehead atoms. The van der Waals surface area contributed by atoms with Crippen molar-refractivity contribution in [1.82, 2.24) is 0 Å². The van der Waals surface area contributed by atoms with Crippen molar-refractivity contribution in [3.63, 3.8) is 0 Å². The Morgan fingerprint density at radius 2 is 1.85 bits per heavy atom. The molecule has 0 radical (unpaired) electrons. The van der Waals surface area contributed by atoms with Crippen LogP contribution in [0.4, 0.5) is 5.69 Å². The Kier molecular flexibility index (Phi) is 5.69. The largest absolute Gasteiger partial charge is 1.00 e. The van der Waals surface area contributed by atoms with Gasteiger partial charge < -0.3 is 22.1 Å². The van der Waals surface area contributed by atoms with Gasteiger partial charge in [0.15, 0.2) is 6.54 Å². The molecule has 0 saturated heterocycles. The molecular formula is C20H21BrCl2N2O. The number of halogens is 3. The van der Waals surface area contributed by atoms with Crippen molar-refractivity contribution in [3.05, 3.63) is 63.6 Å². The van der Waals surface area contributed by atoms with Gasteiger partial charge in [0.05, 0.1) is 16.6 Å². The Labute approximate surface area is 174 Å². The van der Waals surface area contributed by atoms with Crippen molar-refractivity contribution < 1.29 is 26.7 Å². The van der Waals surface area contributed by atoms with Crippen molar-refractivity contribution in [1.29, 1.82) is 0 Å². The summed E-state index contributed by atoms with van der Waals surface area (Å²) in [6.07, 6.45) is 3.19.